The van der Waals surface area contributed by atoms with Crippen LogP contribution in [0.2, 0.25) is 0 Å². The van der Waals surface area contributed by atoms with Gasteiger partial charge in [-0.3, -0.25) is 4.79 Å². The number of carbonyl (C=O) groups is 1. The molecular weight excluding hydrogens is 166 g/mol. The summed E-state index contributed by atoms with van der Waals surface area (Å²) in [5.74, 6) is 0.958. The monoisotopic (exact) mass is 177 g/mol. The summed E-state index contributed by atoms with van der Waals surface area (Å²) >= 11 is 0. The molecule has 0 bridgehead atoms. The average molecular weight is 177 g/mol. The molecule has 0 spiro atoms. The lowest BCUT2D eigenvalue weighted by Crippen LogP contribution is -2.20. The minimum atomic E-state index is 0.0717. The van der Waals surface area contributed by atoms with Crippen molar-refractivity contribution in [2.24, 2.45) is 5.92 Å². The van der Waals surface area contributed by atoms with E-state index in [0.29, 0.717) is 6.42 Å². The number of hydrogen-bond acceptors (Lipinski definition) is 3. The number of carbonyl (C=O) groups excluding carboxylic acids is 1. The quantitative estimate of drug-likeness (QED) is 0.699. The molecule has 1 aromatic rings. The first-order valence-corrected chi connectivity index (χ1v) is 4.40. The van der Waals surface area contributed by atoms with Crippen LogP contribution in [0, 0.1) is 5.92 Å². The lowest BCUT2D eigenvalue weighted by Gasteiger charge is -2.03. The van der Waals surface area contributed by atoms with Crippen molar-refractivity contribution in [3.8, 4) is 0 Å². The van der Waals surface area contributed by atoms with E-state index in [1.807, 2.05) is 0 Å². The van der Waals surface area contributed by atoms with Gasteiger partial charge in [0.25, 0.3) is 0 Å². The smallest absolute Gasteiger partial charge is 0.223 e. The highest BCUT2D eigenvalue weighted by atomic mass is 16.2. The van der Waals surface area contributed by atoms with Crippen LogP contribution in [0.5, 0.6) is 0 Å². The molecule has 2 heterocycles. The second-order valence-corrected chi connectivity index (χ2v) is 3.15. The van der Waals surface area contributed by atoms with Gasteiger partial charge in [0.2, 0.25) is 5.91 Å². The van der Waals surface area contributed by atoms with Crippen LogP contribution in [0.15, 0.2) is 18.5 Å². The van der Waals surface area contributed by atoms with Gasteiger partial charge in [0, 0.05) is 31.3 Å². The molecule has 0 aliphatic carbocycles. The number of hydrogen-bond donors (Lipinski definition) is 1. The van der Waals surface area contributed by atoms with Crippen molar-refractivity contribution in [1.29, 1.82) is 0 Å². The van der Waals surface area contributed by atoms with Crippen molar-refractivity contribution in [2.75, 3.05) is 6.54 Å². The standard InChI is InChI=1S/C9H11N3O/c13-9-7(2-5-12-9)6-8-10-3-1-4-11-8/h1,3-4,7H,2,5-6H2,(H,12,13). The molecule has 1 atom stereocenters. The lowest BCUT2D eigenvalue weighted by molar-refractivity contribution is -0.122. The Morgan fingerprint density at radius 2 is 2.23 bits per heavy atom. The van der Waals surface area contributed by atoms with Crippen LogP contribution in [0.3, 0.4) is 0 Å². The molecule has 0 radical (unpaired) electrons. The molecule has 1 saturated heterocycles. The minimum absolute atomic E-state index is 0.0717. The molecule has 1 amide bonds. The molecule has 0 aromatic carbocycles. The van der Waals surface area contributed by atoms with Crippen molar-refractivity contribution >= 4 is 5.91 Å². The van der Waals surface area contributed by atoms with Gasteiger partial charge in [-0.05, 0) is 12.5 Å². The van der Waals surface area contributed by atoms with Gasteiger partial charge in [0.05, 0.1) is 0 Å². The van der Waals surface area contributed by atoms with Crippen LogP contribution in [-0.2, 0) is 11.2 Å². The SMILES string of the molecule is O=C1NCCC1Cc1ncccn1. The number of rotatable bonds is 2. The fourth-order valence-electron chi connectivity index (χ4n) is 1.50. The average Bonchev–Trinajstić information content (AvgIpc) is 2.54. The molecule has 68 valence electrons. The number of nitrogens with zero attached hydrogens (tertiary/aromatic N) is 2. The first kappa shape index (κ1) is 8.16. The van der Waals surface area contributed by atoms with E-state index in [0.717, 1.165) is 18.8 Å². The van der Waals surface area contributed by atoms with E-state index in [1.54, 1.807) is 18.5 Å². The van der Waals surface area contributed by atoms with Gasteiger partial charge in [-0.1, -0.05) is 0 Å². The number of aromatic nitrogens is 2. The van der Waals surface area contributed by atoms with Gasteiger partial charge in [0.15, 0.2) is 0 Å². The van der Waals surface area contributed by atoms with Crippen molar-refractivity contribution in [1.82, 2.24) is 15.3 Å². The maximum Gasteiger partial charge on any atom is 0.223 e. The van der Waals surface area contributed by atoms with Gasteiger partial charge in [-0.2, -0.15) is 0 Å². The lowest BCUT2D eigenvalue weighted by atomic mass is 10.0. The molecule has 4 heteroatoms. The fraction of sp³-hybridized carbons (Fsp3) is 0.444. The van der Waals surface area contributed by atoms with Crippen molar-refractivity contribution in [3.05, 3.63) is 24.3 Å². The molecular formula is C9H11N3O. The highest BCUT2D eigenvalue weighted by molar-refractivity contribution is 5.80. The van der Waals surface area contributed by atoms with Gasteiger partial charge in [-0.25, -0.2) is 9.97 Å². The highest BCUT2D eigenvalue weighted by Crippen LogP contribution is 2.13. The largest absolute Gasteiger partial charge is 0.356 e. The summed E-state index contributed by atoms with van der Waals surface area (Å²) in [5, 5.41) is 2.80. The van der Waals surface area contributed by atoms with Crippen LogP contribution in [0.25, 0.3) is 0 Å². The van der Waals surface area contributed by atoms with Crippen molar-refractivity contribution in [2.45, 2.75) is 12.8 Å². The Hall–Kier alpha value is -1.45. The van der Waals surface area contributed by atoms with E-state index in [-0.39, 0.29) is 11.8 Å². The normalized spacial score (nSPS) is 21.5. The third kappa shape index (κ3) is 1.83. The van der Waals surface area contributed by atoms with E-state index >= 15 is 0 Å². The summed E-state index contributed by atoms with van der Waals surface area (Å²) < 4.78 is 0. The van der Waals surface area contributed by atoms with E-state index < -0.39 is 0 Å². The summed E-state index contributed by atoms with van der Waals surface area (Å²) in [6, 6.07) is 1.78. The predicted molar refractivity (Wildman–Crippen MR) is 46.9 cm³/mol. The first-order chi connectivity index (χ1) is 6.36. The Bertz CT molecular complexity index is 299. The predicted octanol–water partition coefficient (Wildman–Crippen LogP) is 0.155. The van der Waals surface area contributed by atoms with Crippen LogP contribution >= 0.6 is 0 Å². The zero-order valence-corrected chi connectivity index (χ0v) is 7.23. The third-order valence-corrected chi connectivity index (χ3v) is 2.21. The topological polar surface area (TPSA) is 54.9 Å². The van der Waals surface area contributed by atoms with E-state index in [9.17, 15) is 4.79 Å². The molecule has 1 unspecified atom stereocenters. The molecule has 2 rings (SSSR count). The van der Waals surface area contributed by atoms with Gasteiger partial charge >= 0.3 is 0 Å². The zero-order chi connectivity index (χ0) is 9.10. The van der Waals surface area contributed by atoms with Crippen LogP contribution in [0.4, 0.5) is 0 Å². The van der Waals surface area contributed by atoms with E-state index in [2.05, 4.69) is 15.3 Å². The molecule has 13 heavy (non-hydrogen) atoms. The minimum Gasteiger partial charge on any atom is -0.356 e. The Kier molecular flexibility index (Phi) is 2.21. The van der Waals surface area contributed by atoms with Gasteiger partial charge in [0.1, 0.15) is 5.82 Å². The maximum absolute atomic E-state index is 11.2. The Morgan fingerprint density at radius 1 is 1.46 bits per heavy atom. The number of amides is 1. The van der Waals surface area contributed by atoms with Gasteiger partial charge in [-0.15, -0.1) is 0 Å². The summed E-state index contributed by atoms with van der Waals surface area (Å²) in [5.41, 5.74) is 0. The first-order valence-electron chi connectivity index (χ1n) is 4.40. The Balaban J connectivity index is 2.02. The summed E-state index contributed by atoms with van der Waals surface area (Å²) in [6.45, 7) is 0.788. The molecule has 0 saturated carbocycles. The van der Waals surface area contributed by atoms with Crippen LogP contribution in [0.1, 0.15) is 12.2 Å². The van der Waals surface area contributed by atoms with Crippen molar-refractivity contribution in [3.63, 3.8) is 0 Å². The molecule has 1 aliphatic rings. The number of nitrogens with one attached hydrogen (secondary N) is 1. The summed E-state index contributed by atoms with van der Waals surface area (Å²) in [4.78, 5) is 19.4. The Morgan fingerprint density at radius 3 is 2.85 bits per heavy atom. The molecule has 1 N–H and O–H groups in total. The highest BCUT2D eigenvalue weighted by Gasteiger charge is 2.24. The Labute approximate surface area is 76.4 Å². The van der Waals surface area contributed by atoms with E-state index in [1.165, 1.54) is 0 Å². The molecule has 1 aromatic heterocycles. The fourth-order valence-corrected chi connectivity index (χ4v) is 1.50. The molecule has 1 aliphatic heterocycles. The van der Waals surface area contributed by atoms with Crippen LogP contribution < -0.4 is 5.32 Å². The van der Waals surface area contributed by atoms with Gasteiger partial charge < -0.3 is 5.32 Å². The summed E-state index contributed by atoms with van der Waals surface area (Å²) in [7, 11) is 0. The van der Waals surface area contributed by atoms with E-state index in [4.69, 9.17) is 0 Å². The second-order valence-electron chi connectivity index (χ2n) is 3.15. The molecule has 4 nitrogen and oxygen atoms in total. The summed E-state index contributed by atoms with van der Waals surface area (Å²) in [6.07, 6.45) is 4.97. The zero-order valence-electron chi connectivity index (χ0n) is 7.23. The molecule has 1 fully saturated rings. The third-order valence-electron chi connectivity index (χ3n) is 2.21. The van der Waals surface area contributed by atoms with Crippen LogP contribution in [-0.4, -0.2) is 22.4 Å². The van der Waals surface area contributed by atoms with Crippen molar-refractivity contribution < 1.29 is 4.79 Å². The second kappa shape index (κ2) is 3.51. The maximum atomic E-state index is 11.2.